The highest BCUT2D eigenvalue weighted by Crippen LogP contribution is 2.17. The predicted molar refractivity (Wildman–Crippen MR) is 66.0 cm³/mol. The Labute approximate surface area is 97.0 Å². The molecule has 0 saturated carbocycles. The van der Waals surface area contributed by atoms with E-state index in [1.807, 2.05) is 4.90 Å². The molecule has 1 N–H and O–H groups in total. The van der Waals surface area contributed by atoms with E-state index >= 15 is 0 Å². The molecule has 1 aliphatic rings. The molecule has 1 aliphatic heterocycles. The van der Waals surface area contributed by atoms with Crippen molar-refractivity contribution in [1.82, 2.24) is 10.2 Å². The third-order valence-corrected chi connectivity index (χ3v) is 3.45. The fraction of sp³-hybridized carbons (Fsp3) is 0.909. The van der Waals surface area contributed by atoms with Gasteiger partial charge in [0.1, 0.15) is 0 Å². The van der Waals surface area contributed by atoms with Crippen LogP contribution in [0.4, 0.5) is 0 Å². The van der Waals surface area contributed by atoms with Gasteiger partial charge in [-0.1, -0.05) is 20.3 Å². The van der Waals surface area contributed by atoms with Gasteiger partial charge in [0, 0.05) is 12.3 Å². The van der Waals surface area contributed by atoms with Crippen molar-refractivity contribution in [3.05, 3.63) is 0 Å². The van der Waals surface area contributed by atoms with Crippen LogP contribution in [0.1, 0.15) is 33.1 Å². The third kappa shape index (κ3) is 3.11. The van der Waals surface area contributed by atoms with E-state index in [1.165, 1.54) is 0 Å². The van der Waals surface area contributed by atoms with Crippen LogP contribution in [-0.4, -0.2) is 41.6 Å². The summed E-state index contributed by atoms with van der Waals surface area (Å²) >= 11 is 1.80. The van der Waals surface area contributed by atoms with E-state index in [4.69, 9.17) is 0 Å². The maximum atomic E-state index is 12.0. The maximum Gasteiger partial charge on any atom is 0.241 e. The van der Waals surface area contributed by atoms with Crippen LogP contribution in [0.3, 0.4) is 0 Å². The van der Waals surface area contributed by atoms with Gasteiger partial charge in [0.05, 0.1) is 12.2 Å². The predicted octanol–water partition coefficient (Wildman–Crippen LogP) is 1.69. The number of thioether (sulfide) groups is 1. The Morgan fingerprint density at radius 3 is 2.73 bits per heavy atom. The first-order valence-electron chi connectivity index (χ1n) is 5.80. The number of nitrogens with zero attached hydrogens (tertiary/aromatic N) is 1. The normalized spacial score (nSPS) is 26.3. The van der Waals surface area contributed by atoms with Crippen LogP contribution < -0.4 is 5.32 Å². The monoisotopic (exact) mass is 230 g/mol. The van der Waals surface area contributed by atoms with E-state index in [-0.39, 0.29) is 12.2 Å². The van der Waals surface area contributed by atoms with Crippen LogP contribution in [0.2, 0.25) is 0 Å². The average Bonchev–Trinajstić information content (AvgIpc) is 2.53. The van der Waals surface area contributed by atoms with Crippen molar-refractivity contribution in [3.63, 3.8) is 0 Å². The van der Waals surface area contributed by atoms with Crippen molar-refractivity contribution >= 4 is 17.7 Å². The number of carbonyl (C=O) groups is 1. The van der Waals surface area contributed by atoms with Crippen molar-refractivity contribution in [1.29, 1.82) is 0 Å². The molecule has 0 aromatic carbocycles. The summed E-state index contributed by atoms with van der Waals surface area (Å²) in [5.74, 6) is 1.33. The van der Waals surface area contributed by atoms with Gasteiger partial charge in [0.15, 0.2) is 0 Å². The molecular weight excluding hydrogens is 208 g/mol. The summed E-state index contributed by atoms with van der Waals surface area (Å²) in [7, 11) is 0. The lowest BCUT2D eigenvalue weighted by atomic mass is 10.2. The summed E-state index contributed by atoms with van der Waals surface area (Å²) in [6.07, 6.45) is 5.45. The number of hydrogen-bond donors (Lipinski definition) is 1. The minimum absolute atomic E-state index is 0.0587. The van der Waals surface area contributed by atoms with Gasteiger partial charge in [-0.25, -0.2) is 0 Å². The Balaban J connectivity index is 2.57. The number of hydrogen-bond acceptors (Lipinski definition) is 3. The van der Waals surface area contributed by atoms with Gasteiger partial charge in [-0.2, -0.15) is 11.8 Å². The smallest absolute Gasteiger partial charge is 0.241 e. The van der Waals surface area contributed by atoms with Crippen LogP contribution in [0.15, 0.2) is 0 Å². The minimum Gasteiger partial charge on any atom is -0.325 e. The van der Waals surface area contributed by atoms with E-state index < -0.39 is 0 Å². The average molecular weight is 230 g/mol. The van der Waals surface area contributed by atoms with Crippen LogP contribution >= 0.6 is 11.8 Å². The van der Waals surface area contributed by atoms with E-state index in [9.17, 15) is 4.79 Å². The second-order valence-corrected chi connectivity index (χ2v) is 4.94. The lowest BCUT2D eigenvalue weighted by molar-refractivity contribution is -0.129. The second-order valence-electron chi connectivity index (χ2n) is 3.96. The van der Waals surface area contributed by atoms with Crippen LogP contribution in [0.5, 0.6) is 0 Å². The van der Waals surface area contributed by atoms with Gasteiger partial charge in [-0.05, 0) is 19.1 Å². The molecule has 0 aromatic rings. The maximum absolute atomic E-state index is 12.0. The Morgan fingerprint density at radius 2 is 2.20 bits per heavy atom. The lowest BCUT2D eigenvalue weighted by Crippen LogP contribution is -2.38. The molecule has 2 unspecified atom stereocenters. The summed E-state index contributed by atoms with van der Waals surface area (Å²) in [5, 5.41) is 3.42. The first kappa shape index (κ1) is 12.8. The molecule has 2 atom stereocenters. The first-order valence-corrected chi connectivity index (χ1v) is 7.19. The van der Waals surface area contributed by atoms with Crippen LogP contribution in [0, 0.1) is 0 Å². The zero-order chi connectivity index (χ0) is 11.3. The van der Waals surface area contributed by atoms with Crippen molar-refractivity contribution in [2.45, 2.75) is 45.3 Å². The second kappa shape index (κ2) is 6.38. The Hall–Kier alpha value is -0.220. The van der Waals surface area contributed by atoms with Crippen molar-refractivity contribution in [2.75, 3.05) is 18.6 Å². The Bertz CT molecular complexity index is 211. The summed E-state index contributed by atoms with van der Waals surface area (Å²) in [5.41, 5.74) is 0. The largest absolute Gasteiger partial charge is 0.325 e. The van der Waals surface area contributed by atoms with E-state index in [2.05, 4.69) is 25.4 Å². The molecule has 0 radical (unpaired) electrons. The molecule has 1 rings (SSSR count). The fourth-order valence-corrected chi connectivity index (χ4v) is 2.39. The Kier molecular flexibility index (Phi) is 5.47. The highest BCUT2D eigenvalue weighted by molar-refractivity contribution is 7.98. The number of nitrogens with one attached hydrogen (secondary N) is 1. The highest BCUT2D eigenvalue weighted by atomic mass is 32.2. The highest BCUT2D eigenvalue weighted by Gasteiger charge is 2.36. The summed E-state index contributed by atoms with van der Waals surface area (Å²) in [6.45, 7) is 5.11. The van der Waals surface area contributed by atoms with Crippen molar-refractivity contribution in [3.8, 4) is 0 Å². The molecule has 15 heavy (non-hydrogen) atoms. The van der Waals surface area contributed by atoms with Gasteiger partial charge in [-0.15, -0.1) is 0 Å². The van der Waals surface area contributed by atoms with E-state index in [0.29, 0.717) is 5.91 Å². The minimum atomic E-state index is 0.0587. The SMILES string of the molecule is CCCC1NC(CC)C(=O)N1CCSC. The van der Waals surface area contributed by atoms with Gasteiger partial charge in [0.2, 0.25) is 5.91 Å². The summed E-state index contributed by atoms with van der Waals surface area (Å²) < 4.78 is 0. The molecule has 4 heteroatoms. The van der Waals surface area contributed by atoms with Crippen LogP contribution in [-0.2, 0) is 4.79 Å². The number of carbonyl (C=O) groups excluding carboxylic acids is 1. The molecule has 1 amide bonds. The molecule has 0 bridgehead atoms. The summed E-state index contributed by atoms with van der Waals surface area (Å²) in [4.78, 5) is 14.0. The Morgan fingerprint density at radius 1 is 1.47 bits per heavy atom. The standard InChI is InChI=1S/C11H22N2OS/c1-4-6-10-12-9(5-2)11(14)13(10)7-8-15-3/h9-10,12H,4-8H2,1-3H3. The quantitative estimate of drug-likeness (QED) is 0.753. The van der Waals surface area contributed by atoms with Gasteiger partial charge in [-0.3, -0.25) is 10.1 Å². The molecular formula is C11H22N2OS. The molecule has 1 fully saturated rings. The van der Waals surface area contributed by atoms with Crippen molar-refractivity contribution in [2.24, 2.45) is 0 Å². The van der Waals surface area contributed by atoms with Crippen molar-refractivity contribution < 1.29 is 4.79 Å². The molecule has 0 spiro atoms. The topological polar surface area (TPSA) is 32.3 Å². The molecule has 1 heterocycles. The zero-order valence-corrected chi connectivity index (χ0v) is 10.8. The van der Waals surface area contributed by atoms with Crippen LogP contribution in [0.25, 0.3) is 0 Å². The molecule has 1 saturated heterocycles. The lowest BCUT2D eigenvalue weighted by Gasteiger charge is -2.23. The van der Waals surface area contributed by atoms with Gasteiger partial charge < -0.3 is 4.90 Å². The van der Waals surface area contributed by atoms with E-state index in [1.54, 1.807) is 11.8 Å². The molecule has 0 aliphatic carbocycles. The number of rotatable bonds is 6. The third-order valence-electron chi connectivity index (χ3n) is 2.86. The van der Waals surface area contributed by atoms with Gasteiger partial charge in [0.25, 0.3) is 0 Å². The zero-order valence-electron chi connectivity index (χ0n) is 9.95. The molecule has 3 nitrogen and oxygen atoms in total. The summed E-state index contributed by atoms with van der Waals surface area (Å²) in [6, 6.07) is 0.0587. The van der Waals surface area contributed by atoms with Gasteiger partial charge >= 0.3 is 0 Å². The number of amides is 1. The fourth-order valence-electron chi connectivity index (χ4n) is 2.01. The molecule has 88 valence electrons. The van der Waals surface area contributed by atoms with E-state index in [0.717, 1.165) is 31.6 Å². The molecule has 0 aromatic heterocycles. The first-order chi connectivity index (χ1) is 7.24.